The molecule has 1 aliphatic heterocycles. The van der Waals surface area contributed by atoms with Gasteiger partial charge >= 0.3 is 0 Å². The zero-order valence-electron chi connectivity index (χ0n) is 14.9. The lowest BCUT2D eigenvalue weighted by molar-refractivity contribution is 0.0552. The van der Waals surface area contributed by atoms with Crippen LogP contribution in [-0.4, -0.2) is 38.5 Å². The molecule has 2 aromatic rings. The van der Waals surface area contributed by atoms with Crippen molar-refractivity contribution in [2.75, 3.05) is 6.54 Å². The molecule has 1 saturated heterocycles. The molecule has 3 heterocycles. The van der Waals surface area contributed by atoms with Crippen molar-refractivity contribution in [3.63, 3.8) is 0 Å². The highest BCUT2D eigenvalue weighted by Gasteiger charge is 2.30. The monoisotopic (exact) mass is 345 g/mol. The molecule has 0 aliphatic carbocycles. The summed E-state index contributed by atoms with van der Waals surface area (Å²) in [6, 6.07) is 3.55. The Morgan fingerprint density at radius 1 is 1.44 bits per heavy atom. The standard InChI is InChI=1S/C19H27N3O3/c1-13(2)18-20-12-15(21-18)19(24)22-9-5-3-4-7-14(22)11-16(23)17-8-6-10-25-17/h6,8,10,12-14,16,23H,3-5,7,9,11H2,1-2H3,(H,20,21). The molecule has 2 aromatic heterocycles. The molecule has 2 atom stereocenters. The highest BCUT2D eigenvalue weighted by Crippen LogP contribution is 2.27. The Balaban J connectivity index is 1.76. The number of furan rings is 1. The summed E-state index contributed by atoms with van der Waals surface area (Å²) >= 11 is 0. The van der Waals surface area contributed by atoms with E-state index in [1.54, 1.807) is 24.6 Å². The van der Waals surface area contributed by atoms with Gasteiger partial charge in [-0.2, -0.15) is 0 Å². The summed E-state index contributed by atoms with van der Waals surface area (Å²) in [6.45, 7) is 4.80. The lowest BCUT2D eigenvalue weighted by Gasteiger charge is -2.31. The molecule has 2 N–H and O–H groups in total. The fraction of sp³-hybridized carbons (Fsp3) is 0.579. The Hall–Kier alpha value is -2.08. The van der Waals surface area contributed by atoms with Crippen LogP contribution in [-0.2, 0) is 0 Å². The summed E-state index contributed by atoms with van der Waals surface area (Å²) < 4.78 is 5.31. The van der Waals surface area contributed by atoms with Crippen LogP contribution in [0.5, 0.6) is 0 Å². The second-order valence-electron chi connectivity index (χ2n) is 7.11. The first-order valence-corrected chi connectivity index (χ1v) is 9.13. The zero-order valence-corrected chi connectivity index (χ0v) is 14.9. The normalized spacial score (nSPS) is 19.8. The third kappa shape index (κ3) is 4.12. The first kappa shape index (κ1) is 17.7. The van der Waals surface area contributed by atoms with Gasteiger partial charge < -0.3 is 19.4 Å². The van der Waals surface area contributed by atoms with Gasteiger partial charge in [-0.3, -0.25) is 4.79 Å². The number of carbonyl (C=O) groups excluding carboxylic acids is 1. The van der Waals surface area contributed by atoms with Gasteiger partial charge in [0.15, 0.2) is 0 Å². The maximum atomic E-state index is 13.0. The SMILES string of the molecule is CC(C)c1ncc(C(=O)N2CCCCCC2CC(O)c2ccco2)[nH]1. The molecule has 6 heteroatoms. The summed E-state index contributed by atoms with van der Waals surface area (Å²) in [4.78, 5) is 22.4. The van der Waals surface area contributed by atoms with Crippen LogP contribution < -0.4 is 0 Å². The number of imidazole rings is 1. The maximum absolute atomic E-state index is 13.0. The number of aromatic nitrogens is 2. The van der Waals surface area contributed by atoms with Gasteiger partial charge in [-0.15, -0.1) is 0 Å². The maximum Gasteiger partial charge on any atom is 0.272 e. The number of aliphatic hydroxyl groups is 1. The number of carbonyl (C=O) groups is 1. The van der Waals surface area contributed by atoms with Crippen LogP contribution in [0, 0.1) is 0 Å². The van der Waals surface area contributed by atoms with Gasteiger partial charge in [-0.05, 0) is 25.0 Å². The third-order valence-corrected chi connectivity index (χ3v) is 4.88. The van der Waals surface area contributed by atoms with Crippen LogP contribution in [0.15, 0.2) is 29.0 Å². The number of aliphatic hydroxyl groups excluding tert-OH is 1. The van der Waals surface area contributed by atoms with Crippen LogP contribution in [0.2, 0.25) is 0 Å². The van der Waals surface area contributed by atoms with Crippen molar-refractivity contribution in [2.45, 2.75) is 64.0 Å². The Morgan fingerprint density at radius 3 is 2.96 bits per heavy atom. The molecule has 2 unspecified atom stereocenters. The van der Waals surface area contributed by atoms with Crippen molar-refractivity contribution in [1.82, 2.24) is 14.9 Å². The lowest BCUT2D eigenvalue weighted by Crippen LogP contribution is -2.41. The molecule has 3 rings (SSSR count). The number of nitrogens with one attached hydrogen (secondary N) is 1. The van der Waals surface area contributed by atoms with Crippen molar-refractivity contribution in [3.8, 4) is 0 Å². The van der Waals surface area contributed by atoms with Crippen LogP contribution in [0.25, 0.3) is 0 Å². The van der Waals surface area contributed by atoms with E-state index in [0.717, 1.165) is 31.5 Å². The first-order valence-electron chi connectivity index (χ1n) is 9.13. The molecule has 1 fully saturated rings. The highest BCUT2D eigenvalue weighted by molar-refractivity contribution is 5.92. The second kappa shape index (κ2) is 7.87. The second-order valence-corrected chi connectivity index (χ2v) is 7.11. The Kier molecular flexibility index (Phi) is 5.58. The summed E-state index contributed by atoms with van der Waals surface area (Å²) in [7, 11) is 0. The summed E-state index contributed by atoms with van der Waals surface area (Å²) in [5.41, 5.74) is 0.531. The highest BCUT2D eigenvalue weighted by atomic mass is 16.4. The van der Waals surface area contributed by atoms with Crippen molar-refractivity contribution in [3.05, 3.63) is 41.9 Å². The number of hydrogen-bond donors (Lipinski definition) is 2. The predicted molar refractivity (Wildman–Crippen MR) is 94.3 cm³/mol. The van der Waals surface area contributed by atoms with E-state index in [2.05, 4.69) is 9.97 Å². The van der Waals surface area contributed by atoms with E-state index in [-0.39, 0.29) is 17.9 Å². The zero-order chi connectivity index (χ0) is 17.8. The van der Waals surface area contributed by atoms with E-state index < -0.39 is 6.10 Å². The van der Waals surface area contributed by atoms with Gasteiger partial charge in [0.1, 0.15) is 23.4 Å². The molecule has 1 amide bonds. The minimum Gasteiger partial charge on any atom is -0.467 e. The van der Waals surface area contributed by atoms with E-state index in [0.29, 0.717) is 24.4 Å². The molecule has 1 aliphatic rings. The lowest BCUT2D eigenvalue weighted by atomic mass is 10.0. The number of aromatic amines is 1. The van der Waals surface area contributed by atoms with Crippen molar-refractivity contribution < 1.29 is 14.3 Å². The van der Waals surface area contributed by atoms with E-state index in [4.69, 9.17) is 4.42 Å². The summed E-state index contributed by atoms with van der Waals surface area (Å²) in [5, 5.41) is 10.4. The molecule has 0 radical (unpaired) electrons. The molecular weight excluding hydrogens is 318 g/mol. The van der Waals surface area contributed by atoms with Crippen LogP contribution >= 0.6 is 0 Å². The van der Waals surface area contributed by atoms with E-state index in [9.17, 15) is 9.90 Å². The Labute approximate surface area is 148 Å². The van der Waals surface area contributed by atoms with Gasteiger partial charge in [0.25, 0.3) is 5.91 Å². The summed E-state index contributed by atoms with van der Waals surface area (Å²) in [6.07, 6.45) is 7.05. The number of likely N-dealkylation sites (tertiary alicyclic amines) is 1. The van der Waals surface area contributed by atoms with Crippen LogP contribution in [0.3, 0.4) is 0 Å². The van der Waals surface area contributed by atoms with Gasteiger partial charge in [-0.1, -0.05) is 26.7 Å². The van der Waals surface area contributed by atoms with Gasteiger partial charge in [-0.25, -0.2) is 4.98 Å². The predicted octanol–water partition coefficient (Wildman–Crippen LogP) is 3.63. The minimum atomic E-state index is -0.693. The number of amides is 1. The summed E-state index contributed by atoms with van der Waals surface area (Å²) in [5.74, 6) is 1.60. The fourth-order valence-electron chi connectivity index (χ4n) is 3.44. The third-order valence-electron chi connectivity index (χ3n) is 4.88. The molecule has 136 valence electrons. The van der Waals surface area contributed by atoms with Gasteiger partial charge in [0.05, 0.1) is 12.5 Å². The molecule has 0 aromatic carbocycles. The molecule has 25 heavy (non-hydrogen) atoms. The molecular formula is C19H27N3O3. The largest absolute Gasteiger partial charge is 0.467 e. The van der Waals surface area contributed by atoms with E-state index >= 15 is 0 Å². The number of rotatable bonds is 5. The number of hydrogen-bond acceptors (Lipinski definition) is 4. The van der Waals surface area contributed by atoms with Gasteiger partial charge in [0.2, 0.25) is 0 Å². The van der Waals surface area contributed by atoms with Crippen molar-refractivity contribution >= 4 is 5.91 Å². The molecule has 0 saturated carbocycles. The average Bonchev–Trinajstić information content (AvgIpc) is 3.24. The fourth-order valence-corrected chi connectivity index (χ4v) is 3.44. The quantitative estimate of drug-likeness (QED) is 0.867. The number of H-pyrrole nitrogens is 1. The smallest absolute Gasteiger partial charge is 0.272 e. The van der Waals surface area contributed by atoms with Crippen molar-refractivity contribution in [2.24, 2.45) is 0 Å². The van der Waals surface area contributed by atoms with Crippen LogP contribution in [0.1, 0.15) is 80.0 Å². The Morgan fingerprint density at radius 2 is 2.28 bits per heavy atom. The van der Waals surface area contributed by atoms with Crippen LogP contribution in [0.4, 0.5) is 0 Å². The topological polar surface area (TPSA) is 82.4 Å². The molecule has 6 nitrogen and oxygen atoms in total. The van der Waals surface area contributed by atoms with E-state index in [1.165, 1.54) is 0 Å². The Bertz CT molecular complexity index is 678. The van der Waals surface area contributed by atoms with Crippen molar-refractivity contribution in [1.29, 1.82) is 0 Å². The molecule has 0 bridgehead atoms. The minimum absolute atomic E-state index is 0.000833. The van der Waals surface area contributed by atoms with Gasteiger partial charge in [0, 0.05) is 24.9 Å². The number of nitrogens with zero attached hydrogens (tertiary/aromatic N) is 2. The van der Waals surface area contributed by atoms with E-state index in [1.807, 2.05) is 18.7 Å². The average molecular weight is 345 g/mol. The first-order chi connectivity index (χ1) is 12.1. The molecule has 0 spiro atoms.